The van der Waals surface area contributed by atoms with Crippen molar-refractivity contribution in [2.75, 3.05) is 14.2 Å². The second kappa shape index (κ2) is 11.7. The summed E-state index contributed by atoms with van der Waals surface area (Å²) in [4.78, 5) is -0.568. The molecular weight excluding hydrogens is 511 g/mol. The Bertz CT molecular complexity index is 1630. The van der Waals surface area contributed by atoms with Crippen molar-refractivity contribution < 1.29 is 62.2 Å². The van der Waals surface area contributed by atoms with E-state index in [-0.39, 0.29) is 51.7 Å². The predicted molar refractivity (Wildman–Crippen MR) is 130 cm³/mol. The Kier molecular flexibility index (Phi) is 8.84. The molecule has 184 valence electrons. The molecule has 0 aliphatic heterocycles. The van der Waals surface area contributed by atoms with E-state index < -0.39 is 26.5 Å². The molecule has 0 spiro atoms. The van der Waals surface area contributed by atoms with Crippen LogP contribution in [0.2, 0.25) is 0 Å². The standard InChI is InChI=1S/C24H20N4O7S.Na/c1-34-19-9-5-3-7-17(19)25-27-21-15-12-11-14(36(31,32)33)13-16(15)22(24(30)23(21)29)28-26-18-8-4-6-10-20(18)35-2;/h3-13,29-30H,1-2H3,(H,31,32,33);/q;+1/p-1. The summed E-state index contributed by atoms with van der Waals surface area (Å²) in [6.07, 6.45) is 0. The van der Waals surface area contributed by atoms with E-state index in [0.29, 0.717) is 22.9 Å². The first-order valence-corrected chi connectivity index (χ1v) is 11.7. The zero-order valence-corrected chi connectivity index (χ0v) is 22.8. The van der Waals surface area contributed by atoms with Crippen LogP contribution in [0.4, 0.5) is 22.7 Å². The molecule has 11 nitrogen and oxygen atoms in total. The number of benzene rings is 4. The van der Waals surface area contributed by atoms with Crippen LogP contribution in [0.5, 0.6) is 23.0 Å². The average molecular weight is 530 g/mol. The second-order valence-corrected chi connectivity index (χ2v) is 8.68. The van der Waals surface area contributed by atoms with Crippen molar-refractivity contribution >= 4 is 43.6 Å². The first-order chi connectivity index (χ1) is 17.2. The maximum Gasteiger partial charge on any atom is 1.00 e. The molecule has 4 rings (SSSR count). The third kappa shape index (κ3) is 5.89. The van der Waals surface area contributed by atoms with Crippen molar-refractivity contribution in [1.82, 2.24) is 0 Å². The summed E-state index contributed by atoms with van der Waals surface area (Å²) < 4.78 is 45.5. The molecule has 4 aromatic rings. The molecule has 0 radical (unpaired) electrons. The van der Waals surface area contributed by atoms with Gasteiger partial charge in [0, 0.05) is 10.8 Å². The number of hydrogen-bond donors (Lipinski definition) is 2. The largest absolute Gasteiger partial charge is 1.00 e. The molecule has 0 saturated carbocycles. The van der Waals surface area contributed by atoms with Crippen LogP contribution in [0.3, 0.4) is 0 Å². The normalized spacial score (nSPS) is 11.6. The molecule has 0 bridgehead atoms. The SMILES string of the molecule is COc1ccccc1N=Nc1c(O)c(O)c(N=Nc2ccccc2OC)c2cc(S(=O)(=O)[O-])ccc12.[Na+]. The summed E-state index contributed by atoms with van der Waals surface area (Å²) in [6, 6.07) is 16.7. The number of hydrogen-bond acceptors (Lipinski definition) is 11. The van der Waals surface area contributed by atoms with E-state index in [1.807, 2.05) is 0 Å². The van der Waals surface area contributed by atoms with E-state index in [1.165, 1.54) is 20.3 Å². The molecular formula is C24H19N4NaO7S. The number of nitrogens with zero attached hydrogens (tertiary/aromatic N) is 4. The molecule has 0 aromatic heterocycles. The minimum Gasteiger partial charge on any atom is -0.744 e. The number of methoxy groups -OCH3 is 2. The monoisotopic (exact) mass is 530 g/mol. The van der Waals surface area contributed by atoms with Gasteiger partial charge < -0.3 is 24.2 Å². The molecule has 0 amide bonds. The fourth-order valence-electron chi connectivity index (χ4n) is 3.40. The van der Waals surface area contributed by atoms with Crippen LogP contribution in [0.15, 0.2) is 92.1 Å². The van der Waals surface area contributed by atoms with E-state index >= 15 is 0 Å². The summed E-state index contributed by atoms with van der Waals surface area (Å²) in [5.74, 6) is -0.612. The van der Waals surface area contributed by atoms with Gasteiger partial charge in [-0.05, 0) is 36.4 Å². The minimum absolute atomic E-state index is 0. The van der Waals surface area contributed by atoms with Gasteiger partial charge in [0.25, 0.3) is 0 Å². The van der Waals surface area contributed by atoms with Gasteiger partial charge in [-0.1, -0.05) is 30.3 Å². The summed E-state index contributed by atoms with van der Waals surface area (Å²) in [6.45, 7) is 0. The Balaban J connectivity index is 0.00000380. The predicted octanol–water partition coefficient (Wildman–Crippen LogP) is 3.01. The van der Waals surface area contributed by atoms with Gasteiger partial charge in [0.05, 0.1) is 19.1 Å². The van der Waals surface area contributed by atoms with Crippen LogP contribution < -0.4 is 39.0 Å². The van der Waals surface area contributed by atoms with Crippen molar-refractivity contribution in [3.05, 3.63) is 66.7 Å². The van der Waals surface area contributed by atoms with Gasteiger partial charge in [0.1, 0.15) is 44.4 Å². The second-order valence-electron chi connectivity index (χ2n) is 7.30. The fraction of sp³-hybridized carbons (Fsp3) is 0.0833. The number of azo groups is 2. The van der Waals surface area contributed by atoms with Crippen LogP contribution in [0.25, 0.3) is 10.8 Å². The minimum atomic E-state index is -4.85. The molecule has 0 atom stereocenters. The van der Waals surface area contributed by atoms with Gasteiger partial charge in [-0.2, -0.15) is 0 Å². The first kappa shape index (κ1) is 28.0. The molecule has 0 heterocycles. The summed E-state index contributed by atoms with van der Waals surface area (Å²) in [5, 5.41) is 38.0. The number of fused-ring (bicyclic) bond motifs is 1. The van der Waals surface area contributed by atoms with Gasteiger partial charge in [0.15, 0.2) is 11.5 Å². The molecule has 0 saturated heterocycles. The fourth-order valence-corrected chi connectivity index (χ4v) is 3.89. The van der Waals surface area contributed by atoms with Gasteiger partial charge in [-0.15, -0.1) is 20.5 Å². The van der Waals surface area contributed by atoms with E-state index in [0.717, 1.165) is 12.1 Å². The topological polar surface area (TPSA) is 166 Å². The van der Waals surface area contributed by atoms with Gasteiger partial charge in [0.2, 0.25) is 0 Å². The number of ether oxygens (including phenoxy) is 2. The Labute approximate surface area is 234 Å². The third-order valence-corrected chi connectivity index (χ3v) is 5.98. The smallest absolute Gasteiger partial charge is 0.744 e. The van der Waals surface area contributed by atoms with E-state index in [1.54, 1.807) is 48.5 Å². The first-order valence-electron chi connectivity index (χ1n) is 10.3. The van der Waals surface area contributed by atoms with Crippen molar-refractivity contribution in [2.45, 2.75) is 4.90 Å². The Hall–Kier alpha value is -3.55. The number of rotatable bonds is 7. The maximum atomic E-state index is 11.7. The number of aromatic hydroxyl groups is 2. The van der Waals surface area contributed by atoms with Crippen molar-refractivity contribution in [3.63, 3.8) is 0 Å². The zero-order chi connectivity index (χ0) is 25.9. The van der Waals surface area contributed by atoms with E-state index in [2.05, 4.69) is 20.5 Å². The van der Waals surface area contributed by atoms with Gasteiger partial charge in [-0.25, -0.2) is 8.42 Å². The number of phenols is 2. The number of phenolic OH excluding ortho intramolecular Hbond substituents is 2. The molecule has 0 unspecified atom stereocenters. The molecule has 37 heavy (non-hydrogen) atoms. The van der Waals surface area contributed by atoms with Crippen LogP contribution >= 0.6 is 0 Å². The quantitative estimate of drug-likeness (QED) is 0.160. The molecule has 0 fully saturated rings. The van der Waals surface area contributed by atoms with Gasteiger partial charge in [-0.3, -0.25) is 0 Å². The molecule has 0 aliphatic carbocycles. The Morgan fingerprint density at radius 3 is 1.62 bits per heavy atom. The molecule has 13 heteroatoms. The Morgan fingerprint density at radius 1 is 0.703 bits per heavy atom. The van der Waals surface area contributed by atoms with Crippen LogP contribution in [-0.2, 0) is 10.1 Å². The van der Waals surface area contributed by atoms with Crippen molar-refractivity contribution in [2.24, 2.45) is 20.5 Å². The van der Waals surface area contributed by atoms with Crippen molar-refractivity contribution in [1.29, 1.82) is 0 Å². The van der Waals surface area contributed by atoms with Crippen LogP contribution in [0.1, 0.15) is 0 Å². The van der Waals surface area contributed by atoms with Crippen LogP contribution in [0, 0.1) is 0 Å². The van der Waals surface area contributed by atoms with E-state index in [9.17, 15) is 23.2 Å². The Morgan fingerprint density at radius 2 is 1.16 bits per heavy atom. The van der Waals surface area contributed by atoms with Gasteiger partial charge >= 0.3 is 29.6 Å². The van der Waals surface area contributed by atoms with Crippen molar-refractivity contribution in [3.8, 4) is 23.0 Å². The maximum absolute atomic E-state index is 11.7. The molecule has 2 N–H and O–H groups in total. The zero-order valence-electron chi connectivity index (χ0n) is 20.0. The number of para-hydroxylation sites is 2. The summed E-state index contributed by atoms with van der Waals surface area (Å²) in [7, 11) is -1.94. The van der Waals surface area contributed by atoms with Crippen LogP contribution in [-0.4, -0.2) is 37.4 Å². The van der Waals surface area contributed by atoms with E-state index in [4.69, 9.17) is 9.47 Å². The third-order valence-electron chi connectivity index (χ3n) is 5.15. The summed E-state index contributed by atoms with van der Waals surface area (Å²) >= 11 is 0. The molecule has 4 aromatic carbocycles. The molecule has 0 aliphatic rings. The summed E-state index contributed by atoms with van der Waals surface area (Å²) in [5.41, 5.74) is 0.181. The average Bonchev–Trinajstić information content (AvgIpc) is 2.88.